The molecule has 0 bridgehead atoms. The molecule has 172 valence electrons. The molecule has 2 aliphatic rings. The molecule has 3 atom stereocenters. The maximum absolute atomic E-state index is 11.1. The number of rotatable bonds is 5. The molecule has 0 radical (unpaired) electrons. The molecule has 2 unspecified atom stereocenters. The molecule has 2 saturated heterocycles. The van der Waals surface area contributed by atoms with Crippen molar-refractivity contribution in [3.63, 3.8) is 0 Å². The van der Waals surface area contributed by atoms with Crippen LogP contribution in [0.3, 0.4) is 0 Å². The van der Waals surface area contributed by atoms with Gasteiger partial charge < -0.3 is 0 Å². The van der Waals surface area contributed by atoms with Crippen molar-refractivity contribution in [2.45, 2.75) is 16.2 Å². The molecule has 0 saturated carbocycles. The Bertz CT molecular complexity index is 1260. The van der Waals surface area contributed by atoms with Gasteiger partial charge in [-0.05, 0) is 0 Å². The van der Waals surface area contributed by atoms with E-state index in [1.165, 1.54) is 15.6 Å². The first-order valence-electron chi connectivity index (χ1n) is 11.1. The van der Waals surface area contributed by atoms with Crippen LogP contribution in [0.2, 0.25) is 5.02 Å². The molecule has 0 aromatic heterocycles. The molecule has 2 heterocycles. The zero-order valence-electron chi connectivity index (χ0n) is 18.4. The van der Waals surface area contributed by atoms with Gasteiger partial charge in [-0.2, -0.15) is 10.5 Å². The van der Waals surface area contributed by atoms with Gasteiger partial charge in [0.05, 0.1) is 11.6 Å². The number of piperazine rings is 1. The number of benzene rings is 3. The van der Waals surface area contributed by atoms with Crippen LogP contribution in [0.15, 0.2) is 66.7 Å². The van der Waals surface area contributed by atoms with E-state index in [1.807, 2.05) is 18.2 Å². The summed E-state index contributed by atoms with van der Waals surface area (Å²) in [5, 5.41) is 30.0. The predicted octanol–water partition coefficient (Wildman–Crippen LogP) is 1.78. The zero-order valence-corrected chi connectivity index (χ0v) is 21.3. The number of aliphatic hydroxyl groups is 1. The first kappa shape index (κ1) is 23.1. The van der Waals surface area contributed by atoms with E-state index in [1.54, 1.807) is 24.3 Å². The van der Waals surface area contributed by atoms with E-state index >= 15 is 0 Å². The van der Waals surface area contributed by atoms with Gasteiger partial charge >= 0.3 is 194 Å². The van der Waals surface area contributed by atoms with E-state index in [2.05, 4.69) is 46.2 Å². The Labute approximate surface area is 215 Å². The van der Waals surface area contributed by atoms with E-state index in [4.69, 9.17) is 16.9 Å². The van der Waals surface area contributed by atoms with Crippen LogP contribution in [0, 0.1) is 22.7 Å². The topological polar surface area (TPSA) is 74.3 Å². The van der Waals surface area contributed by atoms with Crippen LogP contribution in [0.1, 0.15) is 44.0 Å². The number of alkyl halides is 2. The van der Waals surface area contributed by atoms with Gasteiger partial charge in [0.15, 0.2) is 0 Å². The van der Waals surface area contributed by atoms with Crippen molar-refractivity contribution in [1.29, 1.82) is 10.5 Å². The van der Waals surface area contributed by atoms with Gasteiger partial charge in [0.25, 0.3) is 0 Å². The Morgan fingerprint density at radius 3 is 2.18 bits per heavy atom. The summed E-state index contributed by atoms with van der Waals surface area (Å²) in [4.78, 5) is 4.35. The average Bonchev–Trinajstić information content (AvgIpc) is 3.74. The number of anilines is 1. The summed E-state index contributed by atoms with van der Waals surface area (Å²) in [6.07, 6.45) is -0.760. The van der Waals surface area contributed by atoms with Crippen LogP contribution in [0.25, 0.3) is 0 Å². The molecule has 2 aliphatic heterocycles. The zero-order chi connectivity index (χ0) is 23.7. The molecular weight excluding hydrogens is 559 g/mol. The Morgan fingerprint density at radius 2 is 1.56 bits per heavy atom. The normalized spacial score (nSPS) is 21.1. The van der Waals surface area contributed by atoms with E-state index in [0.29, 0.717) is 57.0 Å². The molecule has 5 rings (SSSR count). The first-order chi connectivity index (χ1) is 16.6. The summed E-state index contributed by atoms with van der Waals surface area (Å²) < 4.78 is 2.18. The summed E-state index contributed by atoms with van der Waals surface area (Å²) in [7, 11) is 0. The van der Waals surface area contributed by atoms with E-state index < -0.39 is 6.23 Å². The van der Waals surface area contributed by atoms with E-state index in [9.17, 15) is 10.4 Å². The third-order valence-corrected chi connectivity index (χ3v) is 9.26. The van der Waals surface area contributed by atoms with Crippen molar-refractivity contribution in [3.05, 3.63) is 99.6 Å². The van der Waals surface area contributed by atoms with Gasteiger partial charge in [0.2, 0.25) is 0 Å². The van der Waals surface area contributed by atoms with Crippen molar-refractivity contribution in [2.24, 2.45) is 0 Å². The summed E-state index contributed by atoms with van der Waals surface area (Å²) >= 11 is 6.97. The fraction of sp³-hybridized carbons (Fsp3) is 0.259. The number of aliphatic hydroxyl groups excluding tert-OH is 1. The fourth-order valence-corrected chi connectivity index (χ4v) is 6.48. The number of halogens is 2. The molecule has 2 fully saturated rings. The predicted molar refractivity (Wildman–Crippen MR) is 128 cm³/mol. The van der Waals surface area contributed by atoms with Crippen LogP contribution >= 0.6 is 11.6 Å². The first-order valence-corrected chi connectivity index (χ1v) is 14.3. The van der Waals surface area contributed by atoms with Gasteiger partial charge in [-0.3, -0.25) is 0 Å². The number of hydrogen-bond donors (Lipinski definition) is 1. The van der Waals surface area contributed by atoms with Crippen LogP contribution in [-0.2, 0) is 0 Å². The summed E-state index contributed by atoms with van der Waals surface area (Å²) in [5.74, 6) is 0. The van der Waals surface area contributed by atoms with Gasteiger partial charge in [0.1, 0.15) is 0 Å². The van der Waals surface area contributed by atoms with Crippen LogP contribution in [0.4, 0.5) is 5.69 Å². The minimum absolute atomic E-state index is 0.00447. The van der Waals surface area contributed by atoms with E-state index in [-0.39, 0.29) is 6.04 Å². The quantitative estimate of drug-likeness (QED) is 0.368. The van der Waals surface area contributed by atoms with Crippen molar-refractivity contribution in [1.82, 2.24) is 4.90 Å². The Kier molecular flexibility index (Phi) is 6.76. The number of nitriles is 2. The van der Waals surface area contributed by atoms with Crippen molar-refractivity contribution in [2.75, 3.05) is 29.0 Å². The minimum atomic E-state index is -0.760. The van der Waals surface area contributed by atoms with Gasteiger partial charge in [-0.25, -0.2) is 0 Å². The van der Waals surface area contributed by atoms with Crippen molar-refractivity contribution >= 4 is 17.3 Å². The second-order valence-corrected chi connectivity index (χ2v) is 12.2. The molecule has 0 aliphatic carbocycles. The van der Waals surface area contributed by atoms with Crippen molar-refractivity contribution < 1.29 is 26.3 Å². The molecule has 3 aromatic carbocycles. The number of hydrogen-bond acceptors (Lipinski definition) is 5. The standard InChI is InChI=1S/C27H23ClIN4O/c28-23-13-19(16-31)3-10-25(23)33-12-11-32(27(34)22-4-1-18(15-30)2-5-22)17-26(33)21-8-6-20(7-9-21)24-14-29-24/h1-10,13,24,26-27,34H,11-12,14,17H2/q-1/t24?,26-,27?/m1/s1. The Balaban J connectivity index is 1.45. The molecule has 1 N–H and O–H groups in total. The van der Waals surface area contributed by atoms with Gasteiger partial charge in [0, 0.05) is 0 Å². The van der Waals surface area contributed by atoms with Crippen molar-refractivity contribution in [3.8, 4) is 12.1 Å². The van der Waals surface area contributed by atoms with Crippen LogP contribution in [0.5, 0.6) is 0 Å². The van der Waals surface area contributed by atoms with Crippen LogP contribution < -0.4 is 26.1 Å². The maximum atomic E-state index is 11.1. The Morgan fingerprint density at radius 1 is 0.912 bits per heavy atom. The molecule has 0 spiro atoms. The van der Waals surface area contributed by atoms with Gasteiger partial charge in [-0.1, -0.05) is 0 Å². The fourth-order valence-electron chi connectivity index (χ4n) is 4.50. The summed E-state index contributed by atoms with van der Waals surface area (Å²) in [5.41, 5.74) is 5.40. The molecular formula is C27H23ClIN4O-. The molecule has 34 heavy (non-hydrogen) atoms. The Hall–Kier alpha value is -2.62. The monoisotopic (exact) mass is 581 g/mol. The molecule has 5 nitrogen and oxygen atoms in total. The molecule has 7 heteroatoms. The van der Waals surface area contributed by atoms with Gasteiger partial charge in [-0.15, -0.1) is 0 Å². The summed E-state index contributed by atoms with van der Waals surface area (Å²) in [6, 6.07) is 25.7. The second kappa shape index (κ2) is 9.93. The molecule has 3 aromatic rings. The SMILES string of the molecule is N#Cc1ccc(C(O)N2CCN(c3ccc(C#N)cc3Cl)[C@@H](c3ccc(C4C[I-]4)cc3)C2)cc1. The average molecular weight is 582 g/mol. The molecule has 0 amide bonds. The van der Waals surface area contributed by atoms with E-state index in [0.717, 1.165) is 15.2 Å². The third kappa shape index (κ3) is 4.78. The van der Waals surface area contributed by atoms with Crippen LogP contribution in [-0.4, -0.2) is 34.1 Å². The third-order valence-electron chi connectivity index (χ3n) is 6.47. The second-order valence-electron chi connectivity index (χ2n) is 8.53. The number of nitrogens with zero attached hydrogens (tertiary/aromatic N) is 4. The summed E-state index contributed by atoms with van der Waals surface area (Å²) in [6.45, 7) is 1.95.